The summed E-state index contributed by atoms with van der Waals surface area (Å²) >= 11 is 0. The summed E-state index contributed by atoms with van der Waals surface area (Å²) in [4.78, 5) is 16.7. The zero-order valence-electron chi connectivity index (χ0n) is 14.4. The van der Waals surface area contributed by atoms with Crippen molar-refractivity contribution in [3.05, 3.63) is 46.9 Å². The predicted molar refractivity (Wildman–Crippen MR) is 87.9 cm³/mol. The summed E-state index contributed by atoms with van der Waals surface area (Å²) in [5.74, 6) is 0.175. The molecule has 0 radical (unpaired) electrons. The van der Waals surface area contributed by atoms with Crippen LogP contribution in [0.15, 0.2) is 22.6 Å². The molecule has 1 aliphatic rings. The number of nitrogens with one attached hydrogen (secondary N) is 1. The summed E-state index contributed by atoms with van der Waals surface area (Å²) in [6.07, 6.45) is 0.649. The average molecular weight is 348 g/mol. The van der Waals surface area contributed by atoms with E-state index in [0.29, 0.717) is 35.7 Å². The van der Waals surface area contributed by atoms with Gasteiger partial charge >= 0.3 is 0 Å². The predicted octanol–water partition coefficient (Wildman–Crippen LogP) is 2.68. The Morgan fingerprint density at radius 3 is 2.72 bits per heavy atom. The van der Waals surface area contributed by atoms with Crippen LogP contribution >= 0.6 is 0 Å². The van der Waals surface area contributed by atoms with Crippen LogP contribution in [0.25, 0.3) is 0 Å². The van der Waals surface area contributed by atoms with Gasteiger partial charge in [-0.05, 0) is 43.9 Å². The van der Waals surface area contributed by atoms with Gasteiger partial charge in [-0.1, -0.05) is 0 Å². The molecule has 1 saturated carbocycles. The van der Waals surface area contributed by atoms with Crippen LogP contribution in [0.5, 0.6) is 5.75 Å². The number of carbonyl (C=O) groups is 1. The van der Waals surface area contributed by atoms with Crippen LogP contribution in [0, 0.1) is 25.6 Å². The van der Waals surface area contributed by atoms with E-state index in [-0.39, 0.29) is 11.7 Å². The van der Waals surface area contributed by atoms with Gasteiger partial charge in [0.1, 0.15) is 11.6 Å². The maximum absolute atomic E-state index is 13.8. The lowest BCUT2D eigenvalue weighted by atomic mass is 9.74. The Morgan fingerprint density at radius 2 is 2.16 bits per heavy atom. The van der Waals surface area contributed by atoms with Crippen molar-refractivity contribution >= 4 is 5.91 Å². The number of aryl methyl sites for hydroxylation is 2. The van der Waals surface area contributed by atoms with E-state index in [1.165, 1.54) is 25.3 Å². The van der Waals surface area contributed by atoms with Crippen molar-refractivity contribution in [2.45, 2.75) is 38.8 Å². The highest BCUT2D eigenvalue weighted by molar-refractivity contribution is 5.92. The number of rotatable bonds is 5. The van der Waals surface area contributed by atoms with Crippen molar-refractivity contribution in [1.82, 2.24) is 10.3 Å². The monoisotopic (exact) mass is 348 g/mol. The van der Waals surface area contributed by atoms with E-state index in [1.54, 1.807) is 13.8 Å². The molecule has 1 atom stereocenters. The molecule has 7 heteroatoms. The van der Waals surface area contributed by atoms with E-state index in [0.717, 1.165) is 0 Å². The number of amides is 1. The number of ether oxygens (including phenoxy) is 1. The molecule has 25 heavy (non-hydrogen) atoms. The third kappa shape index (κ3) is 3.51. The quantitative estimate of drug-likeness (QED) is 0.868. The van der Waals surface area contributed by atoms with Crippen molar-refractivity contribution in [3.63, 3.8) is 0 Å². The van der Waals surface area contributed by atoms with Crippen LogP contribution in [0.2, 0.25) is 0 Å². The summed E-state index contributed by atoms with van der Waals surface area (Å²) < 4.78 is 24.5. The standard InChI is InChI=1S/C18H21FN2O4/c1-9-17(25-10(2)20-9)18(23)21-16(11-6-13(22)7-11)14-8-12(19)4-5-15(14)24-3/h4-5,8,11,13,16,22H,6-7H2,1-3H3,(H,21,23)/t11?,13?,16-/m0/s1. The van der Waals surface area contributed by atoms with Gasteiger partial charge in [-0.2, -0.15) is 0 Å². The van der Waals surface area contributed by atoms with Gasteiger partial charge in [0, 0.05) is 12.5 Å². The number of hydrogen-bond donors (Lipinski definition) is 2. The minimum atomic E-state index is -0.494. The number of methoxy groups -OCH3 is 1. The lowest BCUT2D eigenvalue weighted by molar-refractivity contribution is 0.0228. The second kappa shape index (κ2) is 6.84. The molecule has 134 valence electrons. The van der Waals surface area contributed by atoms with Crippen LogP contribution in [-0.4, -0.2) is 29.2 Å². The third-order valence-electron chi connectivity index (χ3n) is 4.54. The van der Waals surface area contributed by atoms with E-state index in [2.05, 4.69) is 10.3 Å². The number of nitrogens with zero attached hydrogens (tertiary/aromatic N) is 1. The Hall–Kier alpha value is -2.41. The number of carbonyl (C=O) groups excluding carboxylic acids is 1. The molecule has 1 heterocycles. The molecule has 1 aromatic heterocycles. The van der Waals surface area contributed by atoms with Gasteiger partial charge in [0.25, 0.3) is 5.91 Å². The van der Waals surface area contributed by atoms with Gasteiger partial charge < -0.3 is 19.6 Å². The molecule has 2 N–H and O–H groups in total. The molecule has 2 aromatic rings. The second-order valence-corrected chi connectivity index (χ2v) is 6.37. The molecular formula is C18H21FN2O4. The Balaban J connectivity index is 1.92. The van der Waals surface area contributed by atoms with Crippen LogP contribution in [0.3, 0.4) is 0 Å². The van der Waals surface area contributed by atoms with Gasteiger partial charge in [0.15, 0.2) is 5.89 Å². The summed E-state index contributed by atoms with van der Waals surface area (Å²) in [6, 6.07) is 3.70. The van der Waals surface area contributed by atoms with Gasteiger partial charge in [-0.3, -0.25) is 4.79 Å². The Kier molecular flexibility index (Phi) is 4.76. The second-order valence-electron chi connectivity index (χ2n) is 6.37. The minimum absolute atomic E-state index is 0.0148. The summed E-state index contributed by atoms with van der Waals surface area (Å²) in [7, 11) is 1.50. The molecule has 6 nitrogen and oxygen atoms in total. The smallest absolute Gasteiger partial charge is 0.289 e. The van der Waals surface area contributed by atoms with Crippen LogP contribution < -0.4 is 10.1 Å². The number of oxazole rings is 1. The molecule has 0 bridgehead atoms. The van der Waals surface area contributed by atoms with Gasteiger partial charge in [-0.15, -0.1) is 0 Å². The van der Waals surface area contributed by atoms with Crippen LogP contribution in [0.4, 0.5) is 4.39 Å². The first kappa shape index (κ1) is 17.4. The first-order chi connectivity index (χ1) is 11.9. The maximum atomic E-state index is 13.8. The highest BCUT2D eigenvalue weighted by Crippen LogP contribution is 2.41. The van der Waals surface area contributed by atoms with Crippen LogP contribution in [-0.2, 0) is 0 Å². The maximum Gasteiger partial charge on any atom is 0.289 e. The summed E-state index contributed by atoms with van der Waals surface area (Å²) in [5.41, 5.74) is 1.04. The average Bonchev–Trinajstić information content (AvgIpc) is 2.88. The first-order valence-electron chi connectivity index (χ1n) is 8.15. The highest BCUT2D eigenvalue weighted by atomic mass is 19.1. The van der Waals surface area contributed by atoms with E-state index in [4.69, 9.17) is 9.15 Å². The fraction of sp³-hybridized carbons (Fsp3) is 0.444. The number of halogens is 1. The Morgan fingerprint density at radius 1 is 1.44 bits per heavy atom. The molecule has 0 unspecified atom stereocenters. The summed E-state index contributed by atoms with van der Waals surface area (Å²) in [5, 5.41) is 12.5. The zero-order valence-corrected chi connectivity index (χ0v) is 14.4. The SMILES string of the molecule is COc1ccc(F)cc1[C@@H](NC(=O)c1oc(C)nc1C)C1CC(O)C1. The first-order valence-corrected chi connectivity index (χ1v) is 8.15. The lowest BCUT2D eigenvalue weighted by Crippen LogP contribution is -2.41. The topological polar surface area (TPSA) is 84.6 Å². The molecule has 0 aliphatic heterocycles. The van der Waals surface area contributed by atoms with E-state index >= 15 is 0 Å². The molecular weight excluding hydrogens is 327 g/mol. The zero-order chi connectivity index (χ0) is 18.1. The van der Waals surface area contributed by atoms with Gasteiger partial charge in [-0.25, -0.2) is 9.37 Å². The number of aromatic nitrogens is 1. The van der Waals surface area contributed by atoms with Gasteiger partial charge in [0.05, 0.1) is 24.9 Å². The number of hydrogen-bond acceptors (Lipinski definition) is 5. The van der Waals surface area contributed by atoms with Crippen molar-refractivity contribution in [1.29, 1.82) is 0 Å². The number of aliphatic hydroxyl groups is 1. The van der Waals surface area contributed by atoms with E-state index < -0.39 is 23.9 Å². The summed E-state index contributed by atoms with van der Waals surface area (Å²) in [6.45, 7) is 3.36. The Labute approximate surface area is 145 Å². The fourth-order valence-electron chi connectivity index (χ4n) is 3.25. The molecule has 1 aromatic carbocycles. The molecule has 0 spiro atoms. The largest absolute Gasteiger partial charge is 0.496 e. The minimum Gasteiger partial charge on any atom is -0.496 e. The van der Waals surface area contributed by atoms with Gasteiger partial charge in [0.2, 0.25) is 5.76 Å². The molecule has 0 saturated heterocycles. The van der Waals surface area contributed by atoms with Crippen LogP contribution in [0.1, 0.15) is 46.6 Å². The van der Waals surface area contributed by atoms with Crippen molar-refractivity contribution in [2.24, 2.45) is 5.92 Å². The third-order valence-corrected chi connectivity index (χ3v) is 4.54. The normalized spacial score (nSPS) is 20.7. The molecule has 3 rings (SSSR count). The van der Waals surface area contributed by atoms with Crippen molar-refractivity contribution in [3.8, 4) is 5.75 Å². The Bertz CT molecular complexity index is 783. The molecule has 1 fully saturated rings. The lowest BCUT2D eigenvalue weighted by Gasteiger charge is -2.38. The number of benzene rings is 1. The molecule has 1 amide bonds. The molecule has 1 aliphatic carbocycles. The highest BCUT2D eigenvalue weighted by Gasteiger charge is 2.37. The fourth-order valence-corrected chi connectivity index (χ4v) is 3.25. The van der Waals surface area contributed by atoms with Crippen molar-refractivity contribution in [2.75, 3.05) is 7.11 Å². The van der Waals surface area contributed by atoms with E-state index in [1.807, 2.05) is 0 Å². The number of aliphatic hydroxyl groups excluding tert-OH is 1. The van der Waals surface area contributed by atoms with E-state index in [9.17, 15) is 14.3 Å². The van der Waals surface area contributed by atoms with Crippen molar-refractivity contribution < 1.29 is 23.4 Å².